The minimum atomic E-state index is -0.476. The molecule has 1 N–H and O–H groups in total. The second kappa shape index (κ2) is 6.98. The molecule has 0 saturated carbocycles. The number of amides is 1. The van der Waals surface area contributed by atoms with Gasteiger partial charge >= 0.3 is 5.97 Å². The summed E-state index contributed by atoms with van der Waals surface area (Å²) in [6, 6.07) is 9.22. The van der Waals surface area contributed by atoms with Crippen molar-refractivity contribution in [3.63, 3.8) is 0 Å². The van der Waals surface area contributed by atoms with Crippen LogP contribution in [0.3, 0.4) is 0 Å². The van der Waals surface area contributed by atoms with Gasteiger partial charge in [-0.25, -0.2) is 9.79 Å². The van der Waals surface area contributed by atoms with Gasteiger partial charge in [-0.3, -0.25) is 4.79 Å². The van der Waals surface area contributed by atoms with E-state index in [4.69, 9.17) is 9.15 Å². The molecule has 2 aromatic rings. The van der Waals surface area contributed by atoms with Crippen LogP contribution in [0.1, 0.15) is 27.4 Å². The SMILES string of the molecule is COC(=O)c1cc(/C=C2\SC(=Nc3ccccc3C)NC2=O)oc1C. The summed E-state index contributed by atoms with van der Waals surface area (Å²) in [5, 5.41) is 3.23. The normalized spacial score (nSPS) is 17.2. The van der Waals surface area contributed by atoms with Crippen molar-refractivity contribution in [2.75, 3.05) is 7.11 Å². The Morgan fingerprint density at radius 1 is 1.32 bits per heavy atom. The van der Waals surface area contributed by atoms with Crippen LogP contribution in [0.2, 0.25) is 0 Å². The number of carbonyl (C=O) groups is 2. The van der Waals surface area contributed by atoms with Crippen molar-refractivity contribution in [2.45, 2.75) is 13.8 Å². The minimum Gasteiger partial charge on any atom is -0.465 e. The molecule has 0 bridgehead atoms. The summed E-state index contributed by atoms with van der Waals surface area (Å²) in [6.07, 6.45) is 1.58. The van der Waals surface area contributed by atoms with Crippen LogP contribution in [0.25, 0.3) is 6.08 Å². The number of nitrogens with zero attached hydrogens (tertiary/aromatic N) is 1. The molecule has 25 heavy (non-hydrogen) atoms. The first kappa shape index (κ1) is 17.0. The van der Waals surface area contributed by atoms with E-state index in [9.17, 15) is 9.59 Å². The van der Waals surface area contributed by atoms with E-state index in [0.29, 0.717) is 27.2 Å². The Kier molecular flexibility index (Phi) is 4.76. The second-order valence-corrected chi connectivity index (χ2v) is 6.41. The molecule has 128 valence electrons. The number of esters is 1. The van der Waals surface area contributed by atoms with Crippen molar-refractivity contribution < 1.29 is 18.7 Å². The molecule has 1 aliphatic rings. The maximum atomic E-state index is 12.1. The van der Waals surface area contributed by atoms with Crippen molar-refractivity contribution in [3.05, 3.63) is 57.9 Å². The molecule has 1 saturated heterocycles. The predicted molar refractivity (Wildman–Crippen MR) is 96.8 cm³/mol. The fourth-order valence-corrected chi connectivity index (χ4v) is 3.11. The van der Waals surface area contributed by atoms with Crippen molar-refractivity contribution in [1.82, 2.24) is 5.32 Å². The van der Waals surface area contributed by atoms with Crippen LogP contribution in [-0.2, 0) is 9.53 Å². The average molecular weight is 356 g/mol. The van der Waals surface area contributed by atoms with Gasteiger partial charge in [0.1, 0.15) is 17.1 Å². The highest BCUT2D eigenvalue weighted by Gasteiger charge is 2.25. The van der Waals surface area contributed by atoms with Crippen LogP contribution in [0.15, 0.2) is 44.6 Å². The molecule has 7 heteroatoms. The topological polar surface area (TPSA) is 80.9 Å². The summed E-state index contributed by atoms with van der Waals surface area (Å²) in [7, 11) is 1.31. The maximum Gasteiger partial charge on any atom is 0.341 e. The highest BCUT2D eigenvalue weighted by atomic mass is 32.2. The lowest BCUT2D eigenvalue weighted by molar-refractivity contribution is -0.115. The maximum absolute atomic E-state index is 12.1. The summed E-state index contributed by atoms with van der Waals surface area (Å²) in [6.45, 7) is 3.62. The molecule has 1 aliphatic heterocycles. The lowest BCUT2D eigenvalue weighted by Gasteiger charge is -1.99. The van der Waals surface area contributed by atoms with Crippen LogP contribution in [0.4, 0.5) is 5.69 Å². The van der Waals surface area contributed by atoms with E-state index in [1.807, 2.05) is 31.2 Å². The van der Waals surface area contributed by atoms with E-state index >= 15 is 0 Å². The molecule has 1 aromatic heterocycles. The number of aliphatic imine (C=N–C) groups is 1. The van der Waals surface area contributed by atoms with Crippen LogP contribution in [0.5, 0.6) is 0 Å². The zero-order valence-corrected chi connectivity index (χ0v) is 14.8. The number of carbonyl (C=O) groups excluding carboxylic acids is 2. The minimum absolute atomic E-state index is 0.258. The molecule has 1 amide bonds. The third-order valence-electron chi connectivity index (χ3n) is 3.60. The number of furan rings is 1. The fourth-order valence-electron chi connectivity index (χ4n) is 2.30. The van der Waals surface area contributed by atoms with Crippen LogP contribution >= 0.6 is 11.8 Å². The number of thioether (sulfide) groups is 1. The van der Waals surface area contributed by atoms with E-state index in [2.05, 4.69) is 10.3 Å². The quantitative estimate of drug-likeness (QED) is 0.672. The van der Waals surface area contributed by atoms with Crippen LogP contribution in [-0.4, -0.2) is 24.2 Å². The molecule has 0 radical (unpaired) electrons. The van der Waals surface area contributed by atoms with E-state index in [1.165, 1.54) is 18.9 Å². The molecule has 6 nitrogen and oxygen atoms in total. The Balaban J connectivity index is 1.85. The third-order valence-corrected chi connectivity index (χ3v) is 4.51. The van der Waals surface area contributed by atoms with Crippen molar-refractivity contribution in [2.24, 2.45) is 4.99 Å². The number of amidine groups is 1. The van der Waals surface area contributed by atoms with Gasteiger partial charge in [-0.2, -0.15) is 0 Å². The van der Waals surface area contributed by atoms with Gasteiger partial charge < -0.3 is 14.5 Å². The van der Waals surface area contributed by atoms with E-state index < -0.39 is 5.97 Å². The van der Waals surface area contributed by atoms with Crippen LogP contribution < -0.4 is 5.32 Å². The number of benzene rings is 1. The molecule has 0 spiro atoms. The Morgan fingerprint density at radius 2 is 2.08 bits per heavy atom. The Hall–Kier alpha value is -2.80. The monoisotopic (exact) mass is 356 g/mol. The first-order chi connectivity index (χ1) is 12.0. The van der Waals surface area contributed by atoms with Gasteiger partial charge in [0.25, 0.3) is 5.91 Å². The Bertz CT molecular complexity index is 912. The molecule has 0 atom stereocenters. The lowest BCUT2D eigenvalue weighted by atomic mass is 10.2. The summed E-state index contributed by atoms with van der Waals surface area (Å²) < 4.78 is 10.2. The fraction of sp³-hybridized carbons (Fsp3) is 0.167. The zero-order valence-electron chi connectivity index (χ0n) is 14.0. The van der Waals surface area contributed by atoms with Crippen LogP contribution in [0, 0.1) is 13.8 Å². The Labute approximate surface area is 149 Å². The number of aryl methyl sites for hydroxylation is 2. The van der Waals surface area contributed by atoms with Gasteiger partial charge in [-0.15, -0.1) is 0 Å². The van der Waals surface area contributed by atoms with E-state index in [-0.39, 0.29) is 5.91 Å². The van der Waals surface area contributed by atoms with Gasteiger partial charge in [0.2, 0.25) is 0 Å². The highest BCUT2D eigenvalue weighted by molar-refractivity contribution is 8.18. The van der Waals surface area contributed by atoms with Gasteiger partial charge in [0.05, 0.1) is 17.7 Å². The summed E-state index contributed by atoms with van der Waals surface area (Å²) in [4.78, 5) is 28.7. The van der Waals surface area contributed by atoms with E-state index in [1.54, 1.807) is 19.1 Å². The molecule has 0 aliphatic carbocycles. The van der Waals surface area contributed by atoms with Gasteiger partial charge in [-0.05, 0) is 43.3 Å². The predicted octanol–water partition coefficient (Wildman–Crippen LogP) is 3.57. The number of methoxy groups -OCH3 is 1. The number of para-hydroxylation sites is 1. The third kappa shape index (κ3) is 3.66. The summed E-state index contributed by atoms with van der Waals surface area (Å²) in [5.41, 5.74) is 2.16. The average Bonchev–Trinajstić information content (AvgIpc) is 3.12. The zero-order chi connectivity index (χ0) is 18.0. The lowest BCUT2D eigenvalue weighted by Crippen LogP contribution is -2.19. The molecule has 0 unspecified atom stereocenters. The smallest absolute Gasteiger partial charge is 0.341 e. The summed E-state index contributed by atoms with van der Waals surface area (Å²) >= 11 is 1.22. The van der Waals surface area contributed by atoms with Gasteiger partial charge in [0.15, 0.2) is 5.17 Å². The number of nitrogens with one attached hydrogen (secondary N) is 1. The molecule has 1 aromatic carbocycles. The molecule has 2 heterocycles. The molecular formula is C18H16N2O4S. The van der Waals surface area contributed by atoms with Crippen molar-refractivity contribution in [3.8, 4) is 0 Å². The molecule has 1 fully saturated rings. The second-order valence-electron chi connectivity index (χ2n) is 5.38. The van der Waals surface area contributed by atoms with Crippen molar-refractivity contribution >= 4 is 40.6 Å². The van der Waals surface area contributed by atoms with Gasteiger partial charge in [0, 0.05) is 6.08 Å². The highest BCUT2D eigenvalue weighted by Crippen LogP contribution is 2.30. The standard InChI is InChI=1S/C18H16N2O4S/c1-10-6-4-5-7-14(10)19-18-20-16(21)15(25-18)9-12-8-13(11(2)24-12)17(22)23-3/h4-9H,1-3H3,(H,19,20,21)/b15-9-. The Morgan fingerprint density at radius 3 is 2.80 bits per heavy atom. The van der Waals surface area contributed by atoms with Gasteiger partial charge in [-0.1, -0.05) is 18.2 Å². The number of ether oxygens (including phenoxy) is 1. The molecular weight excluding hydrogens is 340 g/mol. The number of rotatable bonds is 3. The molecule has 3 rings (SSSR count). The first-order valence-corrected chi connectivity index (χ1v) is 8.33. The number of hydrogen-bond acceptors (Lipinski definition) is 6. The van der Waals surface area contributed by atoms with Crippen molar-refractivity contribution in [1.29, 1.82) is 0 Å². The number of hydrogen-bond donors (Lipinski definition) is 1. The largest absolute Gasteiger partial charge is 0.465 e. The first-order valence-electron chi connectivity index (χ1n) is 7.52. The summed E-state index contributed by atoms with van der Waals surface area (Å²) in [5.74, 6) is 0.117. The van der Waals surface area contributed by atoms with E-state index in [0.717, 1.165) is 11.3 Å².